The molecule has 27 heavy (non-hydrogen) atoms. The molecule has 0 bridgehead atoms. The first kappa shape index (κ1) is 20.9. The number of para-hydroxylation sites is 1. The van der Waals surface area contributed by atoms with E-state index in [0.29, 0.717) is 30.5 Å². The molecule has 2 aromatic rings. The van der Waals surface area contributed by atoms with Gasteiger partial charge < -0.3 is 19.7 Å². The number of anilines is 1. The highest BCUT2D eigenvalue weighted by molar-refractivity contribution is 7.15. The molecule has 1 aromatic carbocycles. The molecular weight excluding hydrogens is 366 g/mol. The molecule has 0 saturated heterocycles. The molecule has 7 nitrogen and oxygen atoms in total. The Morgan fingerprint density at radius 3 is 2.59 bits per heavy atom. The van der Waals surface area contributed by atoms with Crippen molar-refractivity contribution in [3.05, 3.63) is 40.9 Å². The smallest absolute Gasteiger partial charge is 0.260 e. The summed E-state index contributed by atoms with van der Waals surface area (Å²) in [5.41, 5.74) is 0.889. The predicted molar refractivity (Wildman–Crippen MR) is 105 cm³/mol. The lowest BCUT2D eigenvalue weighted by molar-refractivity contribution is -0.136. The number of carbonyl (C=O) groups excluding carboxylic acids is 2. The van der Waals surface area contributed by atoms with Gasteiger partial charge in [-0.15, -0.1) is 11.3 Å². The second-order valence-electron chi connectivity index (χ2n) is 5.97. The summed E-state index contributed by atoms with van der Waals surface area (Å²) in [7, 11) is 1.60. The molecule has 146 valence electrons. The van der Waals surface area contributed by atoms with E-state index in [1.165, 1.54) is 16.2 Å². The second-order valence-corrected chi connectivity index (χ2v) is 7.18. The van der Waals surface area contributed by atoms with Crippen LogP contribution in [0.2, 0.25) is 0 Å². The highest BCUT2D eigenvalue weighted by Gasteiger charge is 2.18. The molecule has 0 fully saturated rings. The van der Waals surface area contributed by atoms with Gasteiger partial charge in [0.25, 0.3) is 5.91 Å². The number of amides is 2. The molecule has 0 unspecified atom stereocenters. The first-order valence-electron chi connectivity index (χ1n) is 8.68. The Morgan fingerprint density at radius 1 is 1.22 bits per heavy atom. The molecule has 0 saturated carbocycles. The topological polar surface area (TPSA) is 80.8 Å². The number of carbonyl (C=O) groups is 2. The van der Waals surface area contributed by atoms with E-state index in [4.69, 9.17) is 9.47 Å². The van der Waals surface area contributed by atoms with Crippen LogP contribution in [0.3, 0.4) is 0 Å². The summed E-state index contributed by atoms with van der Waals surface area (Å²) in [4.78, 5) is 31.7. The maximum Gasteiger partial charge on any atom is 0.260 e. The highest BCUT2D eigenvalue weighted by atomic mass is 32.1. The van der Waals surface area contributed by atoms with E-state index >= 15 is 0 Å². The Hall–Kier alpha value is -2.45. The van der Waals surface area contributed by atoms with Crippen LogP contribution in [-0.2, 0) is 14.3 Å². The summed E-state index contributed by atoms with van der Waals surface area (Å²) in [6, 6.07) is 9.10. The largest absolute Gasteiger partial charge is 0.484 e. The molecule has 1 N–H and O–H groups in total. The molecule has 2 amide bonds. The van der Waals surface area contributed by atoms with Crippen molar-refractivity contribution in [3.63, 3.8) is 0 Å². The van der Waals surface area contributed by atoms with Gasteiger partial charge in [-0.2, -0.15) is 0 Å². The van der Waals surface area contributed by atoms with Crippen molar-refractivity contribution in [2.24, 2.45) is 0 Å². The van der Waals surface area contributed by atoms with Crippen molar-refractivity contribution in [1.82, 2.24) is 9.88 Å². The first-order valence-corrected chi connectivity index (χ1v) is 9.49. The fourth-order valence-corrected chi connectivity index (χ4v) is 3.13. The standard InChI is InChI=1S/C19H25N3O4S/c1-14-15(2)27-19(20-14)21-17(23)12-22(10-7-11-25-3)18(24)13-26-16-8-5-4-6-9-16/h4-6,8-9H,7,10-13H2,1-3H3,(H,20,21,23). The molecule has 0 aliphatic carbocycles. The van der Waals surface area contributed by atoms with Crippen LogP contribution in [0, 0.1) is 13.8 Å². The van der Waals surface area contributed by atoms with Gasteiger partial charge in [-0.25, -0.2) is 4.98 Å². The van der Waals surface area contributed by atoms with Gasteiger partial charge in [0.1, 0.15) is 12.3 Å². The molecule has 0 aliphatic rings. The van der Waals surface area contributed by atoms with Gasteiger partial charge in [0, 0.05) is 25.1 Å². The number of hydrogen-bond acceptors (Lipinski definition) is 6. The van der Waals surface area contributed by atoms with Crippen molar-refractivity contribution >= 4 is 28.3 Å². The van der Waals surface area contributed by atoms with Crippen LogP contribution in [-0.4, -0.2) is 55.1 Å². The van der Waals surface area contributed by atoms with Crippen LogP contribution in [0.15, 0.2) is 30.3 Å². The molecule has 8 heteroatoms. The number of thiazole rings is 1. The van der Waals surface area contributed by atoms with E-state index in [-0.39, 0.29) is 25.0 Å². The Kier molecular flexibility index (Phi) is 8.22. The number of ether oxygens (including phenoxy) is 2. The van der Waals surface area contributed by atoms with Crippen LogP contribution in [0.5, 0.6) is 5.75 Å². The van der Waals surface area contributed by atoms with Crippen LogP contribution >= 0.6 is 11.3 Å². The van der Waals surface area contributed by atoms with Crippen LogP contribution in [0.4, 0.5) is 5.13 Å². The maximum absolute atomic E-state index is 12.5. The van der Waals surface area contributed by atoms with Crippen molar-refractivity contribution < 1.29 is 19.1 Å². The third-order valence-corrected chi connectivity index (χ3v) is 4.83. The minimum atomic E-state index is -0.283. The van der Waals surface area contributed by atoms with Gasteiger partial charge in [-0.3, -0.25) is 9.59 Å². The van der Waals surface area contributed by atoms with Gasteiger partial charge in [0.05, 0.1) is 5.69 Å². The zero-order chi connectivity index (χ0) is 19.6. The average molecular weight is 391 g/mol. The zero-order valence-corrected chi connectivity index (χ0v) is 16.7. The number of nitrogens with zero attached hydrogens (tertiary/aromatic N) is 2. The fraction of sp³-hybridized carbons (Fsp3) is 0.421. The number of hydrogen-bond donors (Lipinski definition) is 1. The molecule has 0 aliphatic heterocycles. The van der Waals surface area contributed by atoms with E-state index in [2.05, 4.69) is 10.3 Å². The Balaban J connectivity index is 1.92. The van der Waals surface area contributed by atoms with E-state index in [9.17, 15) is 9.59 Å². The normalized spacial score (nSPS) is 10.5. The van der Waals surface area contributed by atoms with Crippen LogP contribution < -0.4 is 10.1 Å². The lowest BCUT2D eigenvalue weighted by Crippen LogP contribution is -2.41. The fourth-order valence-electron chi connectivity index (χ4n) is 2.30. The molecule has 1 heterocycles. The zero-order valence-electron chi connectivity index (χ0n) is 15.9. The first-order chi connectivity index (χ1) is 13.0. The minimum absolute atomic E-state index is 0.0572. The lowest BCUT2D eigenvalue weighted by atomic mass is 10.3. The molecule has 0 spiro atoms. The molecule has 0 radical (unpaired) electrons. The number of rotatable bonds is 10. The van der Waals surface area contributed by atoms with Crippen molar-refractivity contribution in [2.45, 2.75) is 20.3 Å². The van der Waals surface area contributed by atoms with E-state index in [0.717, 1.165) is 10.6 Å². The quantitative estimate of drug-likeness (QED) is 0.630. The van der Waals surface area contributed by atoms with Gasteiger partial charge in [-0.1, -0.05) is 18.2 Å². The number of aromatic nitrogens is 1. The van der Waals surface area contributed by atoms with E-state index in [1.54, 1.807) is 19.2 Å². The summed E-state index contributed by atoms with van der Waals surface area (Å²) >= 11 is 1.42. The summed E-state index contributed by atoms with van der Waals surface area (Å²) < 4.78 is 10.5. The van der Waals surface area contributed by atoms with E-state index < -0.39 is 0 Å². The molecule has 2 rings (SSSR count). The summed E-state index contributed by atoms with van der Waals surface area (Å²) in [6.45, 7) is 4.58. The Morgan fingerprint density at radius 2 is 1.96 bits per heavy atom. The third kappa shape index (κ3) is 6.99. The predicted octanol–water partition coefficient (Wildman–Crippen LogP) is 2.64. The van der Waals surface area contributed by atoms with Crippen LogP contribution in [0.25, 0.3) is 0 Å². The van der Waals surface area contributed by atoms with Crippen molar-refractivity contribution in [3.8, 4) is 5.75 Å². The van der Waals surface area contributed by atoms with Gasteiger partial charge in [0.2, 0.25) is 5.91 Å². The van der Waals surface area contributed by atoms with Gasteiger partial charge in [0.15, 0.2) is 11.7 Å². The number of methoxy groups -OCH3 is 1. The van der Waals surface area contributed by atoms with Crippen molar-refractivity contribution in [1.29, 1.82) is 0 Å². The average Bonchev–Trinajstić information content (AvgIpc) is 2.97. The number of nitrogens with one attached hydrogen (secondary N) is 1. The number of aryl methyl sites for hydroxylation is 2. The monoisotopic (exact) mass is 391 g/mol. The number of benzene rings is 1. The van der Waals surface area contributed by atoms with Gasteiger partial charge in [-0.05, 0) is 32.4 Å². The summed E-state index contributed by atoms with van der Waals surface area (Å²) in [5.74, 6) is 0.0757. The molecular formula is C19H25N3O4S. The summed E-state index contributed by atoms with van der Waals surface area (Å²) in [5, 5.41) is 3.30. The minimum Gasteiger partial charge on any atom is -0.484 e. The van der Waals surface area contributed by atoms with Crippen molar-refractivity contribution in [2.75, 3.05) is 38.7 Å². The Labute approximate surface area is 163 Å². The SMILES string of the molecule is COCCCN(CC(=O)Nc1nc(C)c(C)s1)C(=O)COc1ccccc1. The molecule has 0 atom stereocenters. The van der Waals surface area contributed by atoms with E-state index in [1.807, 2.05) is 32.0 Å². The third-order valence-electron chi connectivity index (χ3n) is 3.84. The van der Waals surface area contributed by atoms with Crippen LogP contribution in [0.1, 0.15) is 17.0 Å². The summed E-state index contributed by atoms with van der Waals surface area (Å²) in [6.07, 6.45) is 0.635. The molecule has 1 aromatic heterocycles. The lowest BCUT2D eigenvalue weighted by Gasteiger charge is -2.22. The maximum atomic E-state index is 12.5. The second kappa shape index (κ2) is 10.6. The Bertz CT molecular complexity index is 729. The van der Waals surface area contributed by atoms with Gasteiger partial charge >= 0.3 is 0 Å². The highest BCUT2D eigenvalue weighted by Crippen LogP contribution is 2.20.